The molecule has 0 aliphatic heterocycles. The zero-order valence-corrected chi connectivity index (χ0v) is 9.96. The van der Waals surface area contributed by atoms with Crippen LogP contribution in [-0.4, -0.2) is 26.9 Å². The maximum absolute atomic E-state index is 5.24. The quantitative estimate of drug-likeness (QED) is 0.412. The van der Waals surface area contributed by atoms with E-state index in [0.717, 1.165) is 6.42 Å². The fourth-order valence-corrected chi connectivity index (χ4v) is 2.21. The summed E-state index contributed by atoms with van der Waals surface area (Å²) < 4.78 is 15.3. The Hall–Kier alpha value is 0.880. The lowest BCUT2D eigenvalue weighted by Gasteiger charge is -2.15. The molecule has 0 radical (unpaired) electrons. The molecule has 1 unspecified atom stereocenters. The Kier molecular flexibility index (Phi) is 7.83. The average Bonchev–Trinajstić information content (AvgIpc) is 2.01. The third-order valence-electron chi connectivity index (χ3n) is 1.00. The summed E-state index contributed by atoms with van der Waals surface area (Å²) in [5, 5.41) is 0. The first-order chi connectivity index (χ1) is 5.62. The van der Waals surface area contributed by atoms with Crippen LogP contribution in [0.1, 0.15) is 13.3 Å². The minimum absolute atomic E-state index is 0.445. The molecule has 0 spiro atoms. The van der Waals surface area contributed by atoms with Crippen molar-refractivity contribution in [2.75, 3.05) is 26.9 Å². The van der Waals surface area contributed by atoms with Gasteiger partial charge in [0.15, 0.2) is 0 Å². The van der Waals surface area contributed by atoms with Crippen LogP contribution in [0, 0.1) is 0 Å². The van der Waals surface area contributed by atoms with Gasteiger partial charge in [-0.15, -0.1) is 0 Å². The largest absolute Gasteiger partial charge is 0.382 e. The van der Waals surface area contributed by atoms with Crippen LogP contribution in [0.15, 0.2) is 0 Å². The molecule has 74 valence electrons. The van der Waals surface area contributed by atoms with Crippen molar-refractivity contribution in [1.29, 1.82) is 0 Å². The molecule has 6 heteroatoms. The Morgan fingerprint density at radius 3 is 2.33 bits per heavy atom. The van der Waals surface area contributed by atoms with E-state index < -0.39 is 5.69 Å². The summed E-state index contributed by atoms with van der Waals surface area (Å²) in [5.41, 5.74) is -2.29. The summed E-state index contributed by atoms with van der Waals surface area (Å²) in [6, 6.07) is 0. The monoisotopic (exact) mass is 230 g/mol. The van der Waals surface area contributed by atoms with Gasteiger partial charge in [0.2, 0.25) is 5.69 Å². The van der Waals surface area contributed by atoms with Crippen LogP contribution in [-0.2, 0) is 25.6 Å². The van der Waals surface area contributed by atoms with Gasteiger partial charge in [0.25, 0.3) is 0 Å². The second-order valence-electron chi connectivity index (χ2n) is 2.13. The van der Waals surface area contributed by atoms with E-state index in [1.807, 2.05) is 6.92 Å². The van der Waals surface area contributed by atoms with Gasteiger partial charge in [0.05, 0.1) is 19.8 Å². The molecule has 0 saturated heterocycles. The van der Waals surface area contributed by atoms with Gasteiger partial charge in [-0.3, -0.25) is 0 Å². The van der Waals surface area contributed by atoms with Gasteiger partial charge in [0.1, 0.15) is 0 Å². The first-order valence-electron chi connectivity index (χ1n) is 3.73. The maximum atomic E-state index is 5.24. The molecular formula is C6H15O3PS2. The average molecular weight is 230 g/mol. The third-order valence-corrected chi connectivity index (χ3v) is 3.34. The lowest BCUT2D eigenvalue weighted by molar-refractivity contribution is 0.143. The van der Waals surface area contributed by atoms with Crippen LogP contribution in [0.25, 0.3) is 0 Å². The predicted molar refractivity (Wildman–Crippen MR) is 57.3 cm³/mol. The van der Waals surface area contributed by atoms with E-state index in [1.165, 1.54) is 0 Å². The smallest absolute Gasteiger partial charge is 0.244 e. The van der Waals surface area contributed by atoms with Gasteiger partial charge >= 0.3 is 0 Å². The van der Waals surface area contributed by atoms with Crippen molar-refractivity contribution < 1.29 is 13.8 Å². The van der Waals surface area contributed by atoms with Crippen molar-refractivity contribution in [3.8, 4) is 0 Å². The summed E-state index contributed by atoms with van der Waals surface area (Å²) in [5.74, 6) is 0. The number of methoxy groups -OCH3 is 1. The molecule has 3 nitrogen and oxygen atoms in total. The van der Waals surface area contributed by atoms with E-state index in [9.17, 15) is 0 Å². The summed E-state index contributed by atoms with van der Waals surface area (Å²) in [6.45, 7) is 3.58. The number of hydrogen-bond acceptors (Lipinski definition) is 4. The molecule has 12 heavy (non-hydrogen) atoms. The molecule has 0 amide bonds. The van der Waals surface area contributed by atoms with E-state index in [-0.39, 0.29) is 0 Å². The van der Waals surface area contributed by atoms with E-state index in [1.54, 1.807) is 7.11 Å². The number of ether oxygens (including phenoxy) is 1. The molecule has 0 aliphatic carbocycles. The van der Waals surface area contributed by atoms with Crippen LogP contribution in [0.3, 0.4) is 0 Å². The number of hydrogen-bond donors (Lipinski definition) is 1. The van der Waals surface area contributed by atoms with Crippen molar-refractivity contribution in [2.24, 2.45) is 0 Å². The fraction of sp³-hybridized carbons (Fsp3) is 1.00. The highest BCUT2D eigenvalue weighted by Gasteiger charge is 2.11. The first kappa shape index (κ1) is 12.9. The van der Waals surface area contributed by atoms with Crippen molar-refractivity contribution in [2.45, 2.75) is 13.3 Å². The predicted octanol–water partition coefficient (Wildman–Crippen LogP) is 2.23. The fourth-order valence-electron chi connectivity index (χ4n) is 0.480. The Balaban J connectivity index is 3.49. The molecule has 0 bridgehead atoms. The molecule has 0 heterocycles. The second kappa shape index (κ2) is 7.30. The molecule has 0 aliphatic rings. The van der Waals surface area contributed by atoms with Crippen molar-refractivity contribution in [1.82, 2.24) is 0 Å². The van der Waals surface area contributed by atoms with Gasteiger partial charge in [-0.1, -0.05) is 19.2 Å². The van der Waals surface area contributed by atoms with E-state index in [2.05, 4.69) is 12.2 Å². The minimum atomic E-state index is -2.29. The molecule has 0 aromatic carbocycles. The number of rotatable bonds is 7. The van der Waals surface area contributed by atoms with Gasteiger partial charge in [-0.05, 0) is 18.2 Å². The van der Waals surface area contributed by atoms with Crippen molar-refractivity contribution >= 4 is 29.7 Å². The standard InChI is InChI=1S/C6H15O3PS2/c1-3-4-8-10(11,12)9-6-5-7-2/h3-6H2,1-2H3,(H,11,12). The minimum Gasteiger partial charge on any atom is -0.382 e. The highest BCUT2D eigenvalue weighted by Crippen LogP contribution is 2.53. The Labute approximate surface area is 84.1 Å². The van der Waals surface area contributed by atoms with Gasteiger partial charge in [0, 0.05) is 7.11 Å². The van der Waals surface area contributed by atoms with E-state index in [4.69, 9.17) is 25.6 Å². The maximum Gasteiger partial charge on any atom is 0.244 e. The topological polar surface area (TPSA) is 27.7 Å². The zero-order valence-electron chi connectivity index (χ0n) is 7.36. The highest BCUT2D eigenvalue weighted by atomic mass is 32.9. The lowest BCUT2D eigenvalue weighted by atomic mass is 10.5. The van der Waals surface area contributed by atoms with Crippen LogP contribution >= 0.6 is 17.9 Å². The second-order valence-corrected chi connectivity index (χ2v) is 7.42. The molecule has 0 aromatic rings. The molecule has 0 N–H and O–H groups in total. The van der Waals surface area contributed by atoms with Crippen molar-refractivity contribution in [3.05, 3.63) is 0 Å². The lowest BCUT2D eigenvalue weighted by Crippen LogP contribution is -2.00. The number of thiol groups is 1. The molecule has 1 atom stereocenters. The third kappa shape index (κ3) is 7.53. The summed E-state index contributed by atoms with van der Waals surface area (Å²) in [7, 11) is 1.61. The molecule has 0 aromatic heterocycles. The van der Waals surface area contributed by atoms with Gasteiger partial charge < -0.3 is 13.8 Å². The Morgan fingerprint density at radius 2 is 1.83 bits per heavy atom. The molecule has 0 fully saturated rings. The summed E-state index contributed by atoms with van der Waals surface area (Å²) >= 11 is 9.12. The Morgan fingerprint density at radius 1 is 1.25 bits per heavy atom. The summed E-state index contributed by atoms with van der Waals surface area (Å²) in [6.07, 6.45) is 0.923. The molecule has 0 rings (SSSR count). The summed E-state index contributed by atoms with van der Waals surface area (Å²) in [4.78, 5) is 0. The Bertz CT molecular complexity index is 154. The van der Waals surface area contributed by atoms with Crippen LogP contribution in [0.4, 0.5) is 0 Å². The van der Waals surface area contributed by atoms with Gasteiger partial charge in [-0.25, -0.2) is 0 Å². The zero-order chi connectivity index (χ0) is 9.45. The van der Waals surface area contributed by atoms with Gasteiger partial charge in [-0.2, -0.15) is 0 Å². The highest BCUT2D eigenvalue weighted by molar-refractivity contribution is 8.60. The normalized spacial score (nSPS) is 15.9. The van der Waals surface area contributed by atoms with Crippen LogP contribution < -0.4 is 0 Å². The van der Waals surface area contributed by atoms with Crippen molar-refractivity contribution in [3.63, 3.8) is 0 Å². The first-order valence-corrected chi connectivity index (χ1v) is 7.52. The SMILES string of the molecule is CCCOP(=S)(S)OCCOC. The van der Waals surface area contributed by atoms with E-state index in [0.29, 0.717) is 19.8 Å². The van der Waals surface area contributed by atoms with E-state index >= 15 is 0 Å². The molecule has 0 saturated carbocycles. The van der Waals surface area contributed by atoms with Crippen LogP contribution in [0.2, 0.25) is 0 Å². The molecular weight excluding hydrogens is 215 g/mol. The van der Waals surface area contributed by atoms with Crippen LogP contribution in [0.5, 0.6) is 0 Å².